The molecule has 0 aromatic carbocycles. The molecule has 3 heterocycles. The molecule has 0 amide bonds. The van der Waals surface area contributed by atoms with E-state index in [1.165, 1.54) is 71.6 Å². The number of rotatable bonds is 3. The molecule has 1 aliphatic carbocycles. The van der Waals surface area contributed by atoms with Gasteiger partial charge in [0.05, 0.1) is 6.67 Å². The summed E-state index contributed by atoms with van der Waals surface area (Å²) < 4.78 is 0. The lowest BCUT2D eigenvalue weighted by molar-refractivity contribution is -0.0506. The molecule has 1 N–H and O–H groups in total. The van der Waals surface area contributed by atoms with Gasteiger partial charge < -0.3 is 5.32 Å². The normalized spacial score (nSPS) is 38.5. The summed E-state index contributed by atoms with van der Waals surface area (Å²) in [6.07, 6.45) is 14.6. The van der Waals surface area contributed by atoms with Crippen molar-refractivity contribution in [3.63, 3.8) is 0 Å². The van der Waals surface area contributed by atoms with Gasteiger partial charge in [0, 0.05) is 19.6 Å². The van der Waals surface area contributed by atoms with Crippen LogP contribution in [-0.2, 0) is 0 Å². The minimum Gasteiger partial charge on any atom is -0.317 e. The van der Waals surface area contributed by atoms with Gasteiger partial charge in [0.25, 0.3) is 0 Å². The van der Waals surface area contributed by atoms with Gasteiger partial charge in [-0.05, 0) is 62.1 Å². The summed E-state index contributed by atoms with van der Waals surface area (Å²) >= 11 is 0. The molecule has 3 heteroatoms. The lowest BCUT2D eigenvalue weighted by atomic mass is 9.72. The highest BCUT2D eigenvalue weighted by atomic mass is 15.4. The van der Waals surface area contributed by atoms with E-state index in [4.69, 9.17) is 0 Å². The summed E-state index contributed by atoms with van der Waals surface area (Å²) in [4.78, 5) is 5.39. The van der Waals surface area contributed by atoms with E-state index in [9.17, 15) is 0 Å². The van der Waals surface area contributed by atoms with Crippen LogP contribution in [0.4, 0.5) is 0 Å². The third-order valence-corrected chi connectivity index (χ3v) is 6.67. The largest absolute Gasteiger partial charge is 0.317 e. The lowest BCUT2D eigenvalue weighted by Gasteiger charge is -2.53. The maximum atomic E-state index is 3.50. The SMILES string of the molecule is CC1(C2CCN(CN3CC4(CCNCC4)C3)C2)C=CC=CC1. The Kier molecular flexibility index (Phi) is 3.91. The first kappa shape index (κ1) is 14.9. The monoisotopic (exact) mass is 301 g/mol. The van der Waals surface area contributed by atoms with Crippen molar-refractivity contribution in [2.45, 2.75) is 32.6 Å². The van der Waals surface area contributed by atoms with Crippen LogP contribution in [0.3, 0.4) is 0 Å². The van der Waals surface area contributed by atoms with Crippen molar-refractivity contribution in [1.29, 1.82) is 0 Å². The van der Waals surface area contributed by atoms with Crippen molar-refractivity contribution in [3.8, 4) is 0 Å². The zero-order valence-electron chi connectivity index (χ0n) is 14.1. The molecule has 122 valence electrons. The number of likely N-dealkylation sites (tertiary alicyclic amines) is 2. The van der Waals surface area contributed by atoms with E-state index in [1.54, 1.807) is 0 Å². The third-order valence-electron chi connectivity index (χ3n) is 6.67. The van der Waals surface area contributed by atoms with Crippen LogP contribution < -0.4 is 5.32 Å². The van der Waals surface area contributed by atoms with E-state index in [0.29, 0.717) is 10.8 Å². The van der Waals surface area contributed by atoms with E-state index in [-0.39, 0.29) is 0 Å². The number of nitrogens with one attached hydrogen (secondary N) is 1. The summed E-state index contributed by atoms with van der Waals surface area (Å²) in [5.74, 6) is 0.836. The van der Waals surface area contributed by atoms with E-state index in [1.807, 2.05) is 0 Å². The molecule has 0 radical (unpaired) electrons. The van der Waals surface area contributed by atoms with Crippen LogP contribution in [0.1, 0.15) is 32.6 Å². The first-order chi connectivity index (χ1) is 10.7. The highest BCUT2D eigenvalue weighted by molar-refractivity contribution is 5.17. The van der Waals surface area contributed by atoms with Crippen LogP contribution >= 0.6 is 0 Å². The highest BCUT2D eigenvalue weighted by Gasteiger charge is 2.44. The van der Waals surface area contributed by atoms with Gasteiger partial charge in [-0.25, -0.2) is 0 Å². The molecule has 2 atom stereocenters. The third kappa shape index (κ3) is 2.79. The Balaban J connectivity index is 1.26. The predicted molar refractivity (Wildman–Crippen MR) is 91.7 cm³/mol. The smallest absolute Gasteiger partial charge is 0.0506 e. The summed E-state index contributed by atoms with van der Waals surface area (Å²) in [5, 5.41) is 3.50. The second-order valence-corrected chi connectivity index (χ2v) is 8.44. The second-order valence-electron chi connectivity index (χ2n) is 8.44. The number of hydrogen-bond acceptors (Lipinski definition) is 3. The molecule has 4 rings (SSSR count). The van der Waals surface area contributed by atoms with E-state index in [0.717, 1.165) is 5.92 Å². The summed E-state index contributed by atoms with van der Waals surface area (Å²) in [7, 11) is 0. The van der Waals surface area contributed by atoms with Crippen LogP contribution in [0.2, 0.25) is 0 Å². The molecular formula is C19H31N3. The van der Waals surface area contributed by atoms with Gasteiger partial charge in [-0.2, -0.15) is 0 Å². The Morgan fingerprint density at radius 2 is 1.95 bits per heavy atom. The van der Waals surface area contributed by atoms with Gasteiger partial charge >= 0.3 is 0 Å². The lowest BCUT2D eigenvalue weighted by Crippen LogP contribution is -2.61. The highest BCUT2D eigenvalue weighted by Crippen LogP contribution is 2.42. The number of nitrogens with zero attached hydrogens (tertiary/aromatic N) is 2. The Bertz CT molecular complexity index is 455. The van der Waals surface area contributed by atoms with Crippen LogP contribution in [0.5, 0.6) is 0 Å². The zero-order chi connectivity index (χ0) is 15.0. The van der Waals surface area contributed by atoms with Crippen LogP contribution in [0.25, 0.3) is 0 Å². The zero-order valence-corrected chi connectivity index (χ0v) is 14.1. The first-order valence-corrected chi connectivity index (χ1v) is 9.17. The summed E-state index contributed by atoms with van der Waals surface area (Å²) in [6.45, 7) is 11.4. The average Bonchev–Trinajstić information content (AvgIpc) is 2.97. The molecule has 1 spiro atoms. The molecule has 3 aliphatic heterocycles. The number of allylic oxidation sites excluding steroid dienone is 4. The second kappa shape index (κ2) is 5.77. The van der Waals surface area contributed by atoms with Crippen LogP contribution in [0.15, 0.2) is 24.3 Å². The Morgan fingerprint density at radius 1 is 1.14 bits per heavy atom. The van der Waals surface area contributed by atoms with E-state index >= 15 is 0 Å². The minimum atomic E-state index is 0.398. The van der Waals surface area contributed by atoms with Crippen molar-refractivity contribution in [2.75, 3.05) is 45.9 Å². The summed E-state index contributed by atoms with van der Waals surface area (Å²) in [6, 6.07) is 0. The molecule has 0 aromatic heterocycles. The van der Waals surface area contributed by atoms with Gasteiger partial charge in [0.2, 0.25) is 0 Å². The quantitative estimate of drug-likeness (QED) is 0.864. The predicted octanol–water partition coefficient (Wildman–Crippen LogP) is 2.47. The van der Waals surface area contributed by atoms with Crippen LogP contribution in [-0.4, -0.2) is 55.7 Å². The van der Waals surface area contributed by atoms with Gasteiger partial charge in [-0.1, -0.05) is 31.2 Å². The molecule has 3 saturated heterocycles. The Hall–Kier alpha value is -0.640. The minimum absolute atomic E-state index is 0.398. The number of hydrogen-bond donors (Lipinski definition) is 1. The molecule has 22 heavy (non-hydrogen) atoms. The molecule has 2 unspecified atom stereocenters. The van der Waals surface area contributed by atoms with E-state index < -0.39 is 0 Å². The molecular weight excluding hydrogens is 270 g/mol. The van der Waals surface area contributed by atoms with Gasteiger partial charge in [0.15, 0.2) is 0 Å². The van der Waals surface area contributed by atoms with Crippen molar-refractivity contribution >= 4 is 0 Å². The van der Waals surface area contributed by atoms with Crippen molar-refractivity contribution < 1.29 is 0 Å². The maximum Gasteiger partial charge on any atom is 0.0506 e. The fourth-order valence-electron chi connectivity index (χ4n) is 5.10. The maximum absolute atomic E-state index is 3.50. The first-order valence-electron chi connectivity index (χ1n) is 9.17. The molecule has 3 fully saturated rings. The van der Waals surface area contributed by atoms with Crippen LogP contribution in [0, 0.1) is 16.7 Å². The van der Waals surface area contributed by atoms with Gasteiger partial charge in [-0.15, -0.1) is 0 Å². The van der Waals surface area contributed by atoms with Gasteiger partial charge in [-0.3, -0.25) is 9.80 Å². The Morgan fingerprint density at radius 3 is 2.68 bits per heavy atom. The summed E-state index contributed by atoms with van der Waals surface area (Å²) in [5.41, 5.74) is 1.07. The standard InChI is InChI=1S/C19H31N3/c1-18(6-3-2-4-7-18)17-5-12-21(13-17)16-22-14-19(15-22)8-10-20-11-9-19/h2-4,6,17,20H,5,7-16H2,1H3. The fraction of sp³-hybridized carbons (Fsp3) is 0.789. The molecule has 0 aromatic rings. The van der Waals surface area contributed by atoms with Crippen molar-refractivity contribution in [2.24, 2.45) is 16.7 Å². The van der Waals surface area contributed by atoms with Crippen molar-refractivity contribution in [1.82, 2.24) is 15.1 Å². The Labute approximate surface area is 135 Å². The van der Waals surface area contributed by atoms with Crippen molar-refractivity contribution in [3.05, 3.63) is 24.3 Å². The molecule has 3 nitrogen and oxygen atoms in total. The fourth-order valence-corrected chi connectivity index (χ4v) is 5.10. The molecule has 0 bridgehead atoms. The number of piperidine rings is 1. The van der Waals surface area contributed by atoms with Gasteiger partial charge in [0.1, 0.15) is 0 Å². The topological polar surface area (TPSA) is 18.5 Å². The average molecular weight is 301 g/mol. The van der Waals surface area contributed by atoms with E-state index in [2.05, 4.69) is 46.3 Å². The molecule has 4 aliphatic rings. The molecule has 0 saturated carbocycles.